The van der Waals surface area contributed by atoms with Crippen LogP contribution in [0.4, 0.5) is 5.69 Å². The number of carbonyl (C=O) groups excluding carboxylic acids is 1. The highest BCUT2D eigenvalue weighted by Crippen LogP contribution is 2.48. The van der Waals surface area contributed by atoms with Crippen molar-refractivity contribution in [3.05, 3.63) is 73.3 Å². The largest absolute Gasteiger partial charge is 0.384 e. The van der Waals surface area contributed by atoms with E-state index in [2.05, 4.69) is 22.0 Å². The number of halogens is 1. The first-order valence-corrected chi connectivity index (χ1v) is 10.4. The molecular formula is C21H18BrN3OS. The van der Waals surface area contributed by atoms with Crippen molar-refractivity contribution in [3.63, 3.8) is 0 Å². The third-order valence-electron chi connectivity index (χ3n) is 5.05. The Kier molecular flexibility index (Phi) is 4.67. The Morgan fingerprint density at radius 2 is 2.11 bits per heavy atom. The SMILES string of the molecule is Cc1cccc(N2C(N)=C(C#N)[C@@H](c3ccc(Br)s3)C3=C2CCCC3=O)c1. The number of nitriles is 1. The second-order valence-corrected chi connectivity index (χ2v) is 9.29. The second-order valence-electron chi connectivity index (χ2n) is 6.80. The lowest BCUT2D eigenvalue weighted by Gasteiger charge is -2.39. The van der Waals surface area contributed by atoms with Gasteiger partial charge in [-0.15, -0.1) is 11.3 Å². The van der Waals surface area contributed by atoms with Gasteiger partial charge in [-0.1, -0.05) is 12.1 Å². The predicted octanol–water partition coefficient (Wildman–Crippen LogP) is 5.12. The molecule has 4 rings (SSSR count). The second kappa shape index (κ2) is 6.99. The van der Waals surface area contributed by atoms with E-state index in [0.29, 0.717) is 17.8 Å². The number of aryl methyl sites for hydroxylation is 1. The molecule has 0 spiro atoms. The van der Waals surface area contributed by atoms with E-state index in [1.54, 1.807) is 11.3 Å². The molecule has 0 bridgehead atoms. The Balaban J connectivity index is 1.97. The predicted molar refractivity (Wildman–Crippen MR) is 111 cm³/mol. The summed E-state index contributed by atoms with van der Waals surface area (Å²) in [6, 6.07) is 14.2. The van der Waals surface area contributed by atoms with Gasteiger partial charge in [0, 0.05) is 28.3 Å². The van der Waals surface area contributed by atoms with E-state index in [0.717, 1.165) is 44.0 Å². The van der Waals surface area contributed by atoms with Crippen LogP contribution in [0.15, 0.2) is 62.8 Å². The van der Waals surface area contributed by atoms with Gasteiger partial charge in [-0.05, 0) is 65.5 Å². The number of hydrogen-bond acceptors (Lipinski definition) is 5. The first-order chi connectivity index (χ1) is 13.0. The lowest BCUT2D eigenvalue weighted by Crippen LogP contribution is -2.38. The molecule has 27 heavy (non-hydrogen) atoms. The summed E-state index contributed by atoms with van der Waals surface area (Å²) in [7, 11) is 0. The van der Waals surface area contributed by atoms with Gasteiger partial charge in [0.25, 0.3) is 0 Å². The number of nitrogens with two attached hydrogens (primary N) is 1. The minimum Gasteiger partial charge on any atom is -0.384 e. The monoisotopic (exact) mass is 439 g/mol. The lowest BCUT2D eigenvalue weighted by atomic mass is 9.78. The summed E-state index contributed by atoms with van der Waals surface area (Å²) in [5.41, 5.74) is 10.6. The number of rotatable bonds is 2. The van der Waals surface area contributed by atoms with Gasteiger partial charge in [-0.25, -0.2) is 0 Å². The molecule has 1 aliphatic heterocycles. The Morgan fingerprint density at radius 1 is 1.30 bits per heavy atom. The number of allylic oxidation sites excluding steroid dienone is 3. The van der Waals surface area contributed by atoms with Crippen LogP contribution in [-0.4, -0.2) is 5.78 Å². The van der Waals surface area contributed by atoms with E-state index >= 15 is 0 Å². The molecule has 0 unspecified atom stereocenters. The van der Waals surface area contributed by atoms with E-state index in [-0.39, 0.29) is 11.7 Å². The molecule has 0 saturated heterocycles. The van der Waals surface area contributed by atoms with Crippen molar-refractivity contribution < 1.29 is 4.79 Å². The van der Waals surface area contributed by atoms with Crippen molar-refractivity contribution in [2.75, 3.05) is 4.90 Å². The quantitative estimate of drug-likeness (QED) is 0.704. The zero-order valence-electron chi connectivity index (χ0n) is 14.8. The molecule has 0 fully saturated rings. The zero-order valence-corrected chi connectivity index (χ0v) is 17.2. The highest BCUT2D eigenvalue weighted by atomic mass is 79.9. The van der Waals surface area contributed by atoms with Crippen LogP contribution in [0.2, 0.25) is 0 Å². The third kappa shape index (κ3) is 3.01. The molecule has 2 aliphatic rings. The third-order valence-corrected chi connectivity index (χ3v) is 6.74. The van der Waals surface area contributed by atoms with Crippen LogP contribution in [0, 0.1) is 18.3 Å². The van der Waals surface area contributed by atoms with Gasteiger partial charge in [0.2, 0.25) is 0 Å². The van der Waals surface area contributed by atoms with Crippen molar-refractivity contribution in [1.82, 2.24) is 0 Å². The average molecular weight is 440 g/mol. The van der Waals surface area contributed by atoms with Crippen LogP contribution >= 0.6 is 27.3 Å². The van der Waals surface area contributed by atoms with E-state index < -0.39 is 0 Å². The fourth-order valence-corrected chi connectivity index (χ4v) is 5.46. The minimum atomic E-state index is -0.379. The molecular weight excluding hydrogens is 422 g/mol. The van der Waals surface area contributed by atoms with Crippen LogP contribution in [0.25, 0.3) is 0 Å². The number of benzene rings is 1. The van der Waals surface area contributed by atoms with Crippen LogP contribution in [-0.2, 0) is 4.79 Å². The molecule has 1 atom stereocenters. The van der Waals surface area contributed by atoms with Crippen LogP contribution < -0.4 is 10.6 Å². The fourth-order valence-electron chi connectivity index (χ4n) is 3.92. The van der Waals surface area contributed by atoms with Crippen LogP contribution in [0.3, 0.4) is 0 Å². The lowest BCUT2D eigenvalue weighted by molar-refractivity contribution is -0.116. The van der Waals surface area contributed by atoms with Crippen LogP contribution in [0.1, 0.15) is 35.6 Å². The molecule has 2 N–H and O–H groups in total. The Morgan fingerprint density at radius 3 is 2.78 bits per heavy atom. The molecule has 136 valence electrons. The number of hydrogen-bond donors (Lipinski definition) is 1. The first kappa shape index (κ1) is 18.0. The minimum absolute atomic E-state index is 0.115. The van der Waals surface area contributed by atoms with Crippen molar-refractivity contribution >= 4 is 38.7 Å². The maximum Gasteiger partial charge on any atom is 0.161 e. The first-order valence-electron chi connectivity index (χ1n) is 8.79. The molecule has 2 heterocycles. The molecule has 1 aliphatic carbocycles. The normalized spacial score (nSPS) is 20.0. The van der Waals surface area contributed by atoms with Gasteiger partial charge < -0.3 is 5.73 Å². The Hall–Kier alpha value is -2.36. The fraction of sp³-hybridized carbons (Fsp3) is 0.238. The van der Waals surface area contributed by atoms with Gasteiger partial charge in [0.15, 0.2) is 5.78 Å². The number of ketones is 1. The number of thiophene rings is 1. The molecule has 0 amide bonds. The number of nitrogens with zero attached hydrogens (tertiary/aromatic N) is 2. The molecule has 2 aromatic rings. The van der Waals surface area contributed by atoms with Gasteiger partial charge in [0.1, 0.15) is 5.82 Å². The highest BCUT2D eigenvalue weighted by Gasteiger charge is 2.40. The van der Waals surface area contributed by atoms with Gasteiger partial charge in [-0.2, -0.15) is 5.26 Å². The smallest absolute Gasteiger partial charge is 0.161 e. The van der Waals surface area contributed by atoms with Gasteiger partial charge in [0.05, 0.1) is 21.3 Å². The Labute approximate surface area is 170 Å². The summed E-state index contributed by atoms with van der Waals surface area (Å²) in [6.45, 7) is 2.02. The van der Waals surface area contributed by atoms with Crippen molar-refractivity contribution in [2.24, 2.45) is 5.73 Å². The van der Waals surface area contributed by atoms with Crippen molar-refractivity contribution in [1.29, 1.82) is 5.26 Å². The summed E-state index contributed by atoms with van der Waals surface area (Å²) in [6.07, 6.45) is 2.09. The summed E-state index contributed by atoms with van der Waals surface area (Å²) < 4.78 is 0.972. The zero-order chi connectivity index (χ0) is 19.1. The molecule has 4 nitrogen and oxygen atoms in total. The number of anilines is 1. The summed E-state index contributed by atoms with van der Waals surface area (Å²) in [4.78, 5) is 15.8. The van der Waals surface area contributed by atoms with E-state index in [9.17, 15) is 10.1 Å². The molecule has 6 heteroatoms. The summed E-state index contributed by atoms with van der Waals surface area (Å²) >= 11 is 5.04. The van der Waals surface area contributed by atoms with Gasteiger partial charge in [-0.3, -0.25) is 9.69 Å². The number of carbonyl (C=O) groups is 1. The number of Topliss-reactive ketones (excluding diaryl/α,β-unsaturated/α-hetero) is 1. The summed E-state index contributed by atoms with van der Waals surface area (Å²) in [5.74, 6) is 0.157. The van der Waals surface area contributed by atoms with Crippen LogP contribution in [0.5, 0.6) is 0 Å². The van der Waals surface area contributed by atoms with Crippen molar-refractivity contribution in [3.8, 4) is 6.07 Å². The summed E-state index contributed by atoms with van der Waals surface area (Å²) in [5, 5.41) is 9.94. The maximum absolute atomic E-state index is 13.0. The van der Waals surface area contributed by atoms with E-state index in [4.69, 9.17) is 5.73 Å². The van der Waals surface area contributed by atoms with Gasteiger partial charge >= 0.3 is 0 Å². The molecule has 1 aromatic carbocycles. The Bertz CT molecular complexity index is 1040. The van der Waals surface area contributed by atoms with Crippen molar-refractivity contribution in [2.45, 2.75) is 32.1 Å². The molecule has 1 aromatic heterocycles. The maximum atomic E-state index is 13.0. The highest BCUT2D eigenvalue weighted by molar-refractivity contribution is 9.11. The average Bonchev–Trinajstić information content (AvgIpc) is 3.07. The molecule has 0 radical (unpaired) electrons. The van der Waals surface area contributed by atoms with E-state index in [1.807, 2.05) is 48.2 Å². The van der Waals surface area contributed by atoms with E-state index in [1.165, 1.54) is 0 Å². The standard InChI is InChI=1S/C21H18BrN3OS/c1-12-4-2-5-13(10-12)25-15-6-3-7-16(26)20(15)19(14(11-23)21(25)24)17-8-9-18(22)27-17/h2,4-5,8-10,19H,3,6-7,24H2,1H3/t19-/m0/s1. The topological polar surface area (TPSA) is 70.1 Å². The molecule has 0 saturated carbocycles.